The van der Waals surface area contributed by atoms with Crippen molar-refractivity contribution in [2.24, 2.45) is 4.99 Å². The van der Waals surface area contributed by atoms with E-state index >= 15 is 0 Å². The summed E-state index contributed by atoms with van der Waals surface area (Å²) >= 11 is 12.6. The van der Waals surface area contributed by atoms with E-state index < -0.39 is 0 Å². The van der Waals surface area contributed by atoms with Crippen LogP contribution in [0.5, 0.6) is 0 Å². The van der Waals surface area contributed by atoms with Crippen LogP contribution in [0, 0.1) is 0 Å². The number of hydrogen-bond acceptors (Lipinski definition) is 2. The molecule has 0 radical (unpaired) electrons. The minimum Gasteiger partial charge on any atom is -0.315 e. The van der Waals surface area contributed by atoms with Gasteiger partial charge < -0.3 is 4.57 Å². The van der Waals surface area contributed by atoms with Crippen molar-refractivity contribution in [3.8, 4) is 5.69 Å². The zero-order valence-electron chi connectivity index (χ0n) is 13.5. The van der Waals surface area contributed by atoms with Gasteiger partial charge in [-0.3, -0.25) is 9.79 Å². The predicted molar refractivity (Wildman–Crippen MR) is 102 cm³/mol. The Bertz CT molecular complexity index is 1020. The molecule has 0 aliphatic carbocycles. The fourth-order valence-electron chi connectivity index (χ4n) is 3.09. The molecule has 3 nitrogen and oxygen atoms in total. The second-order valence-electron chi connectivity index (χ2n) is 5.95. The van der Waals surface area contributed by atoms with Gasteiger partial charge in [-0.1, -0.05) is 47.5 Å². The second-order valence-corrected chi connectivity index (χ2v) is 6.79. The van der Waals surface area contributed by atoms with E-state index in [0.29, 0.717) is 22.2 Å². The normalized spacial score (nSPS) is 12.8. The van der Waals surface area contributed by atoms with Gasteiger partial charge in [-0.15, -0.1) is 0 Å². The fraction of sp³-hybridized carbons (Fsp3) is 0.100. The lowest BCUT2D eigenvalue weighted by atomic mass is 10.0. The first-order chi connectivity index (χ1) is 12.0. The Hall–Kier alpha value is -2.36. The predicted octanol–water partition coefficient (Wildman–Crippen LogP) is 5.34. The number of carbonyl (C=O) groups is 1. The summed E-state index contributed by atoms with van der Waals surface area (Å²) in [6.45, 7) is 2.03. The summed E-state index contributed by atoms with van der Waals surface area (Å²) < 4.78 is 2.05. The Kier molecular flexibility index (Phi) is 3.98. The summed E-state index contributed by atoms with van der Waals surface area (Å²) in [5.41, 5.74) is 5.36. The lowest BCUT2D eigenvalue weighted by Gasteiger charge is -2.12. The van der Waals surface area contributed by atoms with Crippen LogP contribution in [0.3, 0.4) is 0 Å². The van der Waals surface area contributed by atoms with Crippen LogP contribution >= 0.6 is 23.2 Å². The molecule has 3 aromatic rings. The van der Waals surface area contributed by atoms with Gasteiger partial charge >= 0.3 is 0 Å². The molecule has 0 saturated heterocycles. The molecule has 2 heterocycles. The highest BCUT2D eigenvalue weighted by Gasteiger charge is 2.20. The number of benzene rings is 2. The van der Waals surface area contributed by atoms with E-state index in [1.54, 1.807) is 13.0 Å². The molecular weight excluding hydrogens is 355 g/mol. The summed E-state index contributed by atoms with van der Waals surface area (Å²) in [6, 6.07) is 15.1. The van der Waals surface area contributed by atoms with Gasteiger partial charge in [0.1, 0.15) is 0 Å². The van der Waals surface area contributed by atoms with Gasteiger partial charge in [0.15, 0.2) is 5.78 Å². The summed E-state index contributed by atoms with van der Waals surface area (Å²) in [6.07, 6.45) is 1.98. The molecule has 0 unspecified atom stereocenters. The molecule has 2 aromatic carbocycles. The first kappa shape index (κ1) is 16.1. The fourth-order valence-corrected chi connectivity index (χ4v) is 3.63. The van der Waals surface area contributed by atoms with E-state index in [-0.39, 0.29) is 5.78 Å². The molecule has 1 aromatic heterocycles. The topological polar surface area (TPSA) is 34.4 Å². The van der Waals surface area contributed by atoms with Gasteiger partial charge in [0.25, 0.3) is 0 Å². The van der Waals surface area contributed by atoms with E-state index in [2.05, 4.69) is 4.57 Å². The lowest BCUT2D eigenvalue weighted by Crippen LogP contribution is -2.08. The molecule has 0 N–H and O–H groups in total. The van der Waals surface area contributed by atoms with Gasteiger partial charge in [-0.05, 0) is 31.2 Å². The van der Waals surface area contributed by atoms with Crippen LogP contribution in [0.25, 0.3) is 5.69 Å². The van der Waals surface area contributed by atoms with Crippen LogP contribution < -0.4 is 0 Å². The zero-order chi connectivity index (χ0) is 17.6. The number of ketones is 1. The maximum atomic E-state index is 11.5. The quantitative estimate of drug-likeness (QED) is 0.562. The third-order valence-corrected chi connectivity index (χ3v) is 4.90. The van der Waals surface area contributed by atoms with Crippen molar-refractivity contribution in [3.05, 3.63) is 87.2 Å². The average Bonchev–Trinajstić information content (AvgIpc) is 3.00. The van der Waals surface area contributed by atoms with Crippen molar-refractivity contribution in [2.75, 3.05) is 0 Å². The lowest BCUT2D eigenvalue weighted by molar-refractivity contribution is 0.101. The average molecular weight is 369 g/mol. The Balaban J connectivity index is 1.88. The van der Waals surface area contributed by atoms with Crippen molar-refractivity contribution < 1.29 is 4.79 Å². The van der Waals surface area contributed by atoms with Gasteiger partial charge in [0, 0.05) is 32.9 Å². The third kappa shape index (κ3) is 2.80. The van der Waals surface area contributed by atoms with Crippen LogP contribution in [0.4, 0.5) is 0 Å². The number of hydrogen-bond donors (Lipinski definition) is 0. The van der Waals surface area contributed by atoms with Crippen molar-refractivity contribution in [1.82, 2.24) is 4.57 Å². The number of fused-ring (bicyclic) bond motifs is 3. The van der Waals surface area contributed by atoms with E-state index in [4.69, 9.17) is 28.2 Å². The van der Waals surface area contributed by atoms with Crippen LogP contribution in [0.1, 0.15) is 34.1 Å². The molecule has 25 heavy (non-hydrogen) atoms. The number of Topliss-reactive ketones (excluding diaryl/α,β-unsaturated/α-hetero) is 1. The number of carbonyl (C=O) groups excluding carboxylic acids is 1. The zero-order valence-corrected chi connectivity index (χ0v) is 15.0. The number of nitrogens with zero attached hydrogens (tertiary/aromatic N) is 2. The summed E-state index contributed by atoms with van der Waals surface area (Å²) in [5, 5.41) is 1.21. The second kappa shape index (κ2) is 6.17. The number of aromatic nitrogens is 1. The molecule has 4 rings (SSSR count). The van der Waals surface area contributed by atoms with Crippen molar-refractivity contribution in [2.45, 2.75) is 13.5 Å². The van der Waals surface area contributed by atoms with Crippen LogP contribution in [0.2, 0.25) is 10.0 Å². The molecule has 1 aliphatic rings. The van der Waals surface area contributed by atoms with Crippen molar-refractivity contribution in [1.29, 1.82) is 0 Å². The summed E-state index contributed by atoms with van der Waals surface area (Å²) in [5.74, 6) is 0.0477. The number of rotatable bonds is 2. The Morgan fingerprint density at radius 1 is 1.12 bits per heavy atom. The smallest absolute Gasteiger partial charge is 0.159 e. The van der Waals surface area contributed by atoms with E-state index in [9.17, 15) is 4.79 Å². The first-order valence-corrected chi connectivity index (χ1v) is 8.62. The van der Waals surface area contributed by atoms with Gasteiger partial charge in [0.2, 0.25) is 0 Å². The molecule has 0 amide bonds. The number of aliphatic imine (C=N–C) groups is 1. The third-order valence-electron chi connectivity index (χ3n) is 4.35. The van der Waals surface area contributed by atoms with E-state index in [1.807, 2.05) is 48.7 Å². The molecule has 0 fully saturated rings. The Morgan fingerprint density at radius 2 is 1.88 bits per heavy atom. The maximum Gasteiger partial charge on any atom is 0.159 e. The van der Waals surface area contributed by atoms with Gasteiger partial charge in [0.05, 0.1) is 23.6 Å². The molecule has 5 heteroatoms. The van der Waals surface area contributed by atoms with Crippen LogP contribution in [0.15, 0.2) is 59.7 Å². The van der Waals surface area contributed by atoms with Crippen LogP contribution in [-0.2, 0) is 6.54 Å². The highest BCUT2D eigenvalue weighted by molar-refractivity contribution is 6.35. The highest BCUT2D eigenvalue weighted by atomic mass is 35.5. The summed E-state index contributed by atoms with van der Waals surface area (Å²) in [4.78, 5) is 16.3. The summed E-state index contributed by atoms with van der Waals surface area (Å²) in [7, 11) is 0. The number of halogens is 2. The largest absolute Gasteiger partial charge is 0.315 e. The Morgan fingerprint density at radius 3 is 2.60 bits per heavy atom. The molecular formula is C20H14Cl2N2O. The molecule has 0 spiro atoms. The van der Waals surface area contributed by atoms with Crippen molar-refractivity contribution >= 4 is 34.7 Å². The molecule has 124 valence electrons. The first-order valence-electron chi connectivity index (χ1n) is 7.86. The van der Waals surface area contributed by atoms with E-state index in [1.165, 1.54) is 0 Å². The minimum absolute atomic E-state index is 0.0477. The SMILES string of the molecule is CC(=O)c1ccc(C2=NCc3c(Cl)cc(Cl)cc3-n3cccc32)cc1. The maximum absolute atomic E-state index is 11.5. The van der Waals surface area contributed by atoms with Crippen molar-refractivity contribution in [3.63, 3.8) is 0 Å². The minimum atomic E-state index is 0.0477. The van der Waals surface area contributed by atoms with Crippen LogP contribution in [-0.4, -0.2) is 16.1 Å². The molecule has 1 aliphatic heterocycles. The van der Waals surface area contributed by atoms with Gasteiger partial charge in [-0.2, -0.15) is 0 Å². The Labute approximate surface area is 155 Å². The standard InChI is InChI=1S/C20H14Cl2N2O/c1-12(25)13-4-6-14(7-5-13)20-18-3-2-8-24(18)19-10-15(21)9-17(22)16(19)11-23-20/h2-10H,11H2,1H3. The molecule has 0 saturated carbocycles. The molecule has 0 bridgehead atoms. The highest BCUT2D eigenvalue weighted by Crippen LogP contribution is 2.32. The van der Waals surface area contributed by atoms with E-state index in [0.717, 1.165) is 28.2 Å². The monoisotopic (exact) mass is 368 g/mol. The molecule has 0 atom stereocenters. The van der Waals surface area contributed by atoms with Gasteiger partial charge in [-0.25, -0.2) is 0 Å².